The molecular formula is C15H21Cl2NO3. The third-order valence-corrected chi connectivity index (χ3v) is 4.00. The molecule has 0 saturated carbocycles. The molecule has 0 heterocycles. The molecule has 1 amide bonds. The molecule has 6 heteroatoms. The Morgan fingerprint density at radius 1 is 1.29 bits per heavy atom. The predicted octanol–water partition coefficient (Wildman–Crippen LogP) is 3.63. The average Bonchev–Trinajstić information content (AvgIpc) is 2.46. The van der Waals surface area contributed by atoms with Gasteiger partial charge in [0.05, 0.1) is 23.8 Å². The highest BCUT2D eigenvalue weighted by Gasteiger charge is 2.23. The van der Waals surface area contributed by atoms with E-state index in [1.165, 1.54) is 7.11 Å². The van der Waals surface area contributed by atoms with Crippen molar-refractivity contribution in [2.24, 2.45) is 0 Å². The molecule has 0 bridgehead atoms. The Labute approximate surface area is 135 Å². The maximum atomic E-state index is 12.7. The molecule has 4 nitrogen and oxygen atoms in total. The van der Waals surface area contributed by atoms with Crippen LogP contribution >= 0.6 is 23.2 Å². The van der Waals surface area contributed by atoms with Gasteiger partial charge in [0.1, 0.15) is 0 Å². The third kappa shape index (κ3) is 4.25. The molecular weight excluding hydrogens is 313 g/mol. The minimum atomic E-state index is -0.191. The highest BCUT2D eigenvalue weighted by molar-refractivity contribution is 6.37. The first-order valence-electron chi connectivity index (χ1n) is 6.94. The van der Waals surface area contributed by atoms with Gasteiger partial charge in [-0.2, -0.15) is 0 Å². The van der Waals surface area contributed by atoms with Crippen molar-refractivity contribution in [3.63, 3.8) is 0 Å². The van der Waals surface area contributed by atoms with E-state index in [0.29, 0.717) is 21.4 Å². The molecule has 0 spiro atoms. The summed E-state index contributed by atoms with van der Waals surface area (Å²) in [6.07, 6.45) is 1.64. The largest absolute Gasteiger partial charge is 0.494 e. The Hall–Kier alpha value is -0.970. The van der Waals surface area contributed by atoms with Crippen LogP contribution in [0.5, 0.6) is 5.75 Å². The lowest BCUT2D eigenvalue weighted by molar-refractivity contribution is 0.0622. The van der Waals surface area contributed by atoms with E-state index in [2.05, 4.69) is 0 Å². The highest BCUT2D eigenvalue weighted by Crippen LogP contribution is 2.34. The summed E-state index contributed by atoms with van der Waals surface area (Å²) in [5.74, 6) is 0.162. The number of amides is 1. The van der Waals surface area contributed by atoms with Crippen LogP contribution in [0.1, 0.15) is 37.0 Å². The summed E-state index contributed by atoms with van der Waals surface area (Å²) < 4.78 is 5.08. The maximum absolute atomic E-state index is 12.7. The number of hydrogen-bond donors (Lipinski definition) is 1. The maximum Gasteiger partial charge on any atom is 0.254 e. The number of aliphatic hydroxyl groups is 1. The monoisotopic (exact) mass is 333 g/mol. The number of carbonyl (C=O) groups is 1. The van der Waals surface area contributed by atoms with Gasteiger partial charge in [-0.05, 0) is 25.0 Å². The van der Waals surface area contributed by atoms with Crippen LogP contribution in [0.2, 0.25) is 10.0 Å². The zero-order valence-corrected chi connectivity index (χ0v) is 14.0. The summed E-state index contributed by atoms with van der Waals surface area (Å²) in [6.45, 7) is 4.23. The molecule has 0 fully saturated rings. The second kappa shape index (κ2) is 8.47. The van der Waals surface area contributed by atoms with E-state index in [9.17, 15) is 9.90 Å². The van der Waals surface area contributed by atoms with E-state index >= 15 is 0 Å². The number of methoxy groups -OCH3 is 1. The van der Waals surface area contributed by atoms with Crippen LogP contribution in [-0.2, 0) is 0 Å². The second-order valence-electron chi connectivity index (χ2n) is 4.67. The third-order valence-electron chi connectivity index (χ3n) is 3.43. The minimum Gasteiger partial charge on any atom is -0.494 e. The van der Waals surface area contributed by atoms with Crippen molar-refractivity contribution in [2.75, 3.05) is 20.3 Å². The van der Waals surface area contributed by atoms with Crippen molar-refractivity contribution in [3.8, 4) is 5.75 Å². The van der Waals surface area contributed by atoms with Crippen molar-refractivity contribution >= 4 is 29.1 Å². The fraction of sp³-hybridized carbons (Fsp3) is 0.533. The number of halogens is 2. The summed E-state index contributed by atoms with van der Waals surface area (Å²) in [5.41, 5.74) is 0.395. The smallest absolute Gasteiger partial charge is 0.254 e. The molecule has 1 aromatic rings. The molecule has 1 rings (SSSR count). The second-order valence-corrected chi connectivity index (χ2v) is 5.48. The van der Waals surface area contributed by atoms with Crippen molar-refractivity contribution in [1.29, 1.82) is 0 Å². The van der Waals surface area contributed by atoms with Gasteiger partial charge in [-0.15, -0.1) is 0 Å². The molecule has 0 aliphatic carbocycles. The van der Waals surface area contributed by atoms with Gasteiger partial charge in [0.25, 0.3) is 5.91 Å². The fourth-order valence-electron chi connectivity index (χ4n) is 2.33. The number of carbonyl (C=O) groups excluding carboxylic acids is 1. The zero-order chi connectivity index (χ0) is 16.0. The van der Waals surface area contributed by atoms with Crippen molar-refractivity contribution in [3.05, 3.63) is 27.7 Å². The number of rotatable bonds is 7. The van der Waals surface area contributed by atoms with Crippen LogP contribution in [0.25, 0.3) is 0 Å². The van der Waals surface area contributed by atoms with Crippen LogP contribution in [0, 0.1) is 0 Å². The first-order valence-corrected chi connectivity index (χ1v) is 7.70. The molecule has 0 atom stereocenters. The SMILES string of the molecule is CCC(CC)N(CCO)C(=O)c1cc(Cl)c(OC)c(Cl)c1. The van der Waals surface area contributed by atoms with Gasteiger partial charge in [0, 0.05) is 18.2 Å². The molecule has 1 aromatic carbocycles. The molecule has 0 aliphatic rings. The van der Waals surface area contributed by atoms with Gasteiger partial charge in [-0.3, -0.25) is 4.79 Å². The van der Waals surface area contributed by atoms with E-state index < -0.39 is 0 Å². The molecule has 0 saturated heterocycles. The fourth-order valence-corrected chi connectivity index (χ4v) is 2.97. The minimum absolute atomic E-state index is 0.0734. The highest BCUT2D eigenvalue weighted by atomic mass is 35.5. The van der Waals surface area contributed by atoms with Gasteiger partial charge in [0.15, 0.2) is 5.75 Å². The number of hydrogen-bond acceptors (Lipinski definition) is 3. The number of ether oxygens (including phenoxy) is 1. The van der Waals surface area contributed by atoms with Crippen molar-refractivity contribution in [1.82, 2.24) is 4.90 Å². The summed E-state index contributed by atoms with van der Waals surface area (Å²) in [7, 11) is 1.47. The van der Waals surface area contributed by atoms with Crippen LogP contribution < -0.4 is 4.74 Å². The topological polar surface area (TPSA) is 49.8 Å². The molecule has 0 aromatic heterocycles. The Morgan fingerprint density at radius 2 is 1.81 bits per heavy atom. The van der Waals surface area contributed by atoms with Crippen molar-refractivity contribution < 1.29 is 14.6 Å². The average molecular weight is 334 g/mol. The quantitative estimate of drug-likeness (QED) is 0.828. The zero-order valence-electron chi connectivity index (χ0n) is 12.5. The summed E-state index contributed by atoms with van der Waals surface area (Å²) in [4.78, 5) is 14.3. The summed E-state index contributed by atoms with van der Waals surface area (Å²) >= 11 is 12.2. The lowest BCUT2D eigenvalue weighted by Gasteiger charge is -2.30. The molecule has 0 aliphatic heterocycles. The molecule has 0 unspecified atom stereocenters. The van der Waals surface area contributed by atoms with E-state index in [-0.39, 0.29) is 25.1 Å². The van der Waals surface area contributed by atoms with Crippen LogP contribution in [0.15, 0.2) is 12.1 Å². The number of nitrogens with zero attached hydrogens (tertiary/aromatic N) is 1. The van der Waals surface area contributed by atoms with Crippen LogP contribution in [-0.4, -0.2) is 42.2 Å². The Bertz CT molecular complexity index is 467. The van der Waals surface area contributed by atoms with Gasteiger partial charge in [-0.1, -0.05) is 37.0 Å². The van der Waals surface area contributed by atoms with Gasteiger partial charge < -0.3 is 14.7 Å². The van der Waals surface area contributed by atoms with E-state index in [4.69, 9.17) is 27.9 Å². The number of aliphatic hydroxyl groups excluding tert-OH is 1. The first kappa shape index (κ1) is 18.1. The van der Waals surface area contributed by atoms with Crippen molar-refractivity contribution in [2.45, 2.75) is 32.7 Å². The first-order chi connectivity index (χ1) is 9.99. The molecule has 0 radical (unpaired) electrons. The number of benzene rings is 1. The lowest BCUT2D eigenvalue weighted by atomic mass is 10.1. The Kier molecular flexibility index (Phi) is 7.29. The normalized spacial score (nSPS) is 10.8. The molecule has 21 heavy (non-hydrogen) atoms. The van der Waals surface area contributed by atoms with Gasteiger partial charge >= 0.3 is 0 Å². The lowest BCUT2D eigenvalue weighted by Crippen LogP contribution is -2.41. The molecule has 118 valence electrons. The standard InChI is InChI=1S/C15H21Cl2NO3/c1-4-11(5-2)18(6-7-19)15(20)10-8-12(16)14(21-3)13(17)9-10/h8-9,11,19H,4-7H2,1-3H3. The van der Waals surface area contributed by atoms with Gasteiger partial charge in [-0.25, -0.2) is 0 Å². The van der Waals surface area contributed by atoms with Crippen LogP contribution in [0.3, 0.4) is 0 Å². The Morgan fingerprint density at radius 3 is 2.19 bits per heavy atom. The Balaban J connectivity index is 3.15. The summed E-state index contributed by atoms with van der Waals surface area (Å²) in [5, 5.41) is 9.78. The van der Waals surface area contributed by atoms with Gasteiger partial charge in [0.2, 0.25) is 0 Å². The van der Waals surface area contributed by atoms with E-state index in [0.717, 1.165) is 12.8 Å². The molecule has 1 N–H and O–H groups in total. The predicted molar refractivity (Wildman–Crippen MR) is 85.5 cm³/mol. The van der Waals surface area contributed by atoms with E-state index in [1.54, 1.807) is 17.0 Å². The van der Waals surface area contributed by atoms with Crippen LogP contribution in [0.4, 0.5) is 0 Å². The summed E-state index contributed by atoms with van der Waals surface area (Å²) in [6, 6.07) is 3.16. The van der Waals surface area contributed by atoms with E-state index in [1.807, 2.05) is 13.8 Å².